The summed E-state index contributed by atoms with van der Waals surface area (Å²) in [6.07, 6.45) is 0. The fraction of sp³-hybridized carbons (Fsp3) is 0.188. The normalized spacial score (nSPS) is 11.1. The highest BCUT2D eigenvalue weighted by Crippen LogP contribution is 2.36. The minimum absolute atomic E-state index is 0.0371. The average Bonchev–Trinajstić information content (AvgIpc) is 2.48. The van der Waals surface area contributed by atoms with Crippen LogP contribution in [-0.2, 0) is 0 Å². The van der Waals surface area contributed by atoms with E-state index in [2.05, 4.69) is 5.32 Å². The molecule has 0 saturated heterocycles. The Morgan fingerprint density at radius 1 is 1.09 bits per heavy atom. The topological polar surface area (TPSA) is 38.3 Å². The molecule has 0 spiro atoms. The fourth-order valence-corrected chi connectivity index (χ4v) is 2.35. The number of carbonyl (C=O) groups is 1. The number of nitrogens with one attached hydrogen (secondary N) is 1. The molecule has 0 saturated carbocycles. The summed E-state index contributed by atoms with van der Waals surface area (Å²) < 4.78 is 42.0. The van der Waals surface area contributed by atoms with Crippen LogP contribution in [-0.4, -0.2) is 18.0 Å². The molecule has 2 aromatic carbocycles. The number of thioether (sulfide) groups is 1. The van der Waals surface area contributed by atoms with Crippen LogP contribution >= 0.6 is 11.8 Å². The van der Waals surface area contributed by atoms with Gasteiger partial charge in [0.25, 0.3) is 5.91 Å². The first kappa shape index (κ1) is 17.2. The standard InChI is InChI=1S/C16H14F3NO2S/c1-2-22-13-7-5-12(6-8-13)20-15(21)11-3-9-14(10-4-11)23-16(17,18)19/h3-10H,2H2,1H3,(H,20,21). The summed E-state index contributed by atoms with van der Waals surface area (Å²) in [5.74, 6) is 0.303. The maximum Gasteiger partial charge on any atom is 0.446 e. The van der Waals surface area contributed by atoms with E-state index in [9.17, 15) is 18.0 Å². The molecule has 0 atom stereocenters. The molecule has 0 aromatic heterocycles. The molecule has 0 fully saturated rings. The number of ether oxygens (including phenoxy) is 1. The molecule has 2 aromatic rings. The van der Waals surface area contributed by atoms with Crippen LogP contribution in [0.15, 0.2) is 53.4 Å². The summed E-state index contributed by atoms with van der Waals surface area (Å²) in [6, 6.07) is 12.1. The predicted molar refractivity (Wildman–Crippen MR) is 83.9 cm³/mol. The van der Waals surface area contributed by atoms with Crippen LogP contribution in [0.2, 0.25) is 0 Å². The average molecular weight is 341 g/mol. The molecule has 2 rings (SSSR count). The smallest absolute Gasteiger partial charge is 0.446 e. The summed E-state index contributed by atoms with van der Waals surface area (Å²) in [5.41, 5.74) is -3.48. The van der Waals surface area contributed by atoms with E-state index in [0.29, 0.717) is 18.0 Å². The number of benzene rings is 2. The number of hydrogen-bond donors (Lipinski definition) is 1. The Morgan fingerprint density at radius 3 is 2.22 bits per heavy atom. The van der Waals surface area contributed by atoms with Gasteiger partial charge in [-0.2, -0.15) is 13.2 Å². The van der Waals surface area contributed by atoms with Crippen LogP contribution in [0.5, 0.6) is 5.75 Å². The number of alkyl halides is 3. The van der Waals surface area contributed by atoms with E-state index in [1.165, 1.54) is 24.3 Å². The summed E-state index contributed by atoms with van der Waals surface area (Å²) in [5, 5.41) is 2.67. The van der Waals surface area contributed by atoms with E-state index in [1.807, 2.05) is 6.92 Å². The van der Waals surface area contributed by atoms with Gasteiger partial charge < -0.3 is 10.1 Å². The van der Waals surface area contributed by atoms with Crippen molar-refractivity contribution >= 4 is 23.4 Å². The quantitative estimate of drug-likeness (QED) is 0.782. The molecule has 0 aliphatic heterocycles. The molecule has 7 heteroatoms. The van der Waals surface area contributed by atoms with Crippen molar-refractivity contribution in [3.8, 4) is 5.75 Å². The maximum atomic E-state index is 12.2. The molecule has 23 heavy (non-hydrogen) atoms. The molecule has 0 aliphatic carbocycles. The van der Waals surface area contributed by atoms with Gasteiger partial charge in [-0.05, 0) is 67.2 Å². The molecule has 0 aliphatic rings. The van der Waals surface area contributed by atoms with Gasteiger partial charge in [-0.25, -0.2) is 0 Å². The molecule has 122 valence electrons. The van der Waals surface area contributed by atoms with Crippen molar-refractivity contribution in [2.24, 2.45) is 0 Å². The monoisotopic (exact) mass is 341 g/mol. The Balaban J connectivity index is 2.00. The first-order valence-corrected chi connectivity index (χ1v) is 7.59. The Kier molecular flexibility index (Phi) is 5.54. The number of anilines is 1. The van der Waals surface area contributed by atoms with Crippen LogP contribution in [0, 0.1) is 0 Å². The van der Waals surface area contributed by atoms with Gasteiger partial charge in [0.15, 0.2) is 0 Å². The van der Waals surface area contributed by atoms with Gasteiger partial charge in [-0.3, -0.25) is 4.79 Å². The third-order valence-corrected chi connectivity index (χ3v) is 3.51. The van der Waals surface area contributed by atoms with Gasteiger partial charge in [-0.1, -0.05) is 0 Å². The zero-order valence-corrected chi connectivity index (χ0v) is 13.0. The van der Waals surface area contributed by atoms with E-state index < -0.39 is 11.4 Å². The van der Waals surface area contributed by atoms with Gasteiger partial charge >= 0.3 is 5.51 Å². The molecular formula is C16H14F3NO2S. The second-order valence-corrected chi connectivity index (χ2v) is 5.62. The van der Waals surface area contributed by atoms with Crippen LogP contribution in [0.1, 0.15) is 17.3 Å². The third kappa shape index (κ3) is 5.52. The molecule has 1 N–H and O–H groups in total. The number of carbonyl (C=O) groups excluding carboxylic acids is 1. The molecule has 0 unspecified atom stereocenters. The van der Waals surface area contributed by atoms with Crippen molar-refractivity contribution < 1.29 is 22.7 Å². The highest BCUT2D eigenvalue weighted by molar-refractivity contribution is 8.00. The van der Waals surface area contributed by atoms with E-state index in [1.54, 1.807) is 24.3 Å². The number of amides is 1. The summed E-state index contributed by atoms with van der Waals surface area (Å²) >= 11 is -0.214. The Morgan fingerprint density at radius 2 is 1.70 bits per heavy atom. The second kappa shape index (κ2) is 7.41. The van der Waals surface area contributed by atoms with Crippen LogP contribution in [0.3, 0.4) is 0 Å². The fourth-order valence-electron chi connectivity index (χ4n) is 1.81. The number of hydrogen-bond acceptors (Lipinski definition) is 3. The summed E-state index contributed by atoms with van der Waals surface area (Å²) in [4.78, 5) is 12.1. The lowest BCUT2D eigenvalue weighted by Crippen LogP contribution is -2.11. The molecule has 0 heterocycles. The highest BCUT2D eigenvalue weighted by Gasteiger charge is 2.29. The number of halogens is 3. The molecule has 0 bridgehead atoms. The predicted octanol–water partition coefficient (Wildman–Crippen LogP) is 4.95. The first-order chi connectivity index (χ1) is 10.9. The van der Waals surface area contributed by atoms with E-state index in [4.69, 9.17) is 4.74 Å². The Bertz CT molecular complexity index is 655. The zero-order chi connectivity index (χ0) is 16.9. The summed E-state index contributed by atoms with van der Waals surface area (Å²) in [7, 11) is 0. The lowest BCUT2D eigenvalue weighted by Gasteiger charge is -2.08. The second-order valence-electron chi connectivity index (χ2n) is 4.48. The van der Waals surface area contributed by atoms with Gasteiger partial charge in [0.2, 0.25) is 0 Å². The zero-order valence-electron chi connectivity index (χ0n) is 12.2. The van der Waals surface area contributed by atoms with E-state index in [-0.39, 0.29) is 22.2 Å². The first-order valence-electron chi connectivity index (χ1n) is 6.77. The minimum Gasteiger partial charge on any atom is -0.494 e. The molecule has 1 amide bonds. The number of rotatable bonds is 5. The molecule has 3 nitrogen and oxygen atoms in total. The van der Waals surface area contributed by atoms with Crippen LogP contribution < -0.4 is 10.1 Å². The Hall–Kier alpha value is -2.15. The maximum absolute atomic E-state index is 12.2. The Labute approximate surface area is 135 Å². The van der Waals surface area contributed by atoms with Crippen LogP contribution in [0.25, 0.3) is 0 Å². The van der Waals surface area contributed by atoms with E-state index in [0.717, 1.165) is 0 Å². The highest BCUT2D eigenvalue weighted by atomic mass is 32.2. The van der Waals surface area contributed by atoms with Crippen molar-refractivity contribution in [3.05, 3.63) is 54.1 Å². The molecule has 0 radical (unpaired) electrons. The van der Waals surface area contributed by atoms with Crippen molar-refractivity contribution in [2.45, 2.75) is 17.3 Å². The van der Waals surface area contributed by atoms with Gasteiger partial charge in [0, 0.05) is 16.1 Å². The van der Waals surface area contributed by atoms with Crippen molar-refractivity contribution in [3.63, 3.8) is 0 Å². The van der Waals surface area contributed by atoms with Crippen molar-refractivity contribution in [2.75, 3.05) is 11.9 Å². The SMILES string of the molecule is CCOc1ccc(NC(=O)c2ccc(SC(F)(F)F)cc2)cc1. The lowest BCUT2D eigenvalue weighted by molar-refractivity contribution is -0.0328. The minimum atomic E-state index is -4.34. The van der Waals surface area contributed by atoms with Crippen molar-refractivity contribution in [1.82, 2.24) is 0 Å². The van der Waals surface area contributed by atoms with Gasteiger partial charge in [-0.15, -0.1) is 0 Å². The van der Waals surface area contributed by atoms with Gasteiger partial charge in [0.1, 0.15) is 5.75 Å². The van der Waals surface area contributed by atoms with E-state index >= 15 is 0 Å². The largest absolute Gasteiger partial charge is 0.494 e. The van der Waals surface area contributed by atoms with Crippen LogP contribution in [0.4, 0.5) is 18.9 Å². The molecular weight excluding hydrogens is 327 g/mol. The van der Waals surface area contributed by atoms with Crippen molar-refractivity contribution in [1.29, 1.82) is 0 Å². The summed E-state index contributed by atoms with van der Waals surface area (Å²) in [6.45, 7) is 2.42. The third-order valence-electron chi connectivity index (χ3n) is 2.77. The lowest BCUT2D eigenvalue weighted by atomic mass is 10.2. The van der Waals surface area contributed by atoms with Gasteiger partial charge in [0.05, 0.1) is 6.61 Å².